The molecule has 0 aliphatic carbocycles. The lowest BCUT2D eigenvalue weighted by Gasteiger charge is -2.25. The molecule has 0 radical (unpaired) electrons. The minimum atomic E-state index is -5.08. The average molecular weight is 541 g/mol. The Morgan fingerprint density at radius 2 is 1.64 bits per heavy atom. The van der Waals surface area contributed by atoms with E-state index in [9.17, 15) is 31.1 Å². The summed E-state index contributed by atoms with van der Waals surface area (Å²) in [5, 5.41) is 14.2. The SMILES string of the molecule is Cc1ccc(CN2CC[C@H]3[C@H]2CC(=O)N3c2cccnc2)s1.O=C(O)C(F)(F)F.O=C(O)C(F)(F)F. The molecule has 15 heteroatoms. The molecular weight excluding hydrogens is 520 g/mol. The van der Waals surface area contributed by atoms with Crippen LogP contribution in [0.25, 0.3) is 0 Å². The standard InChI is InChI=1S/C17H19N3OS.2C2HF3O2/c1-12-4-5-14(22-12)11-19-8-6-15-16(19)9-17(21)20(15)13-3-2-7-18-10-13;2*3-2(4,5)1(6)7/h2-5,7,10,15-16H,6,8-9,11H2,1H3;2*(H,6,7)/t15-,16+;;/m0../s1. The Bertz CT molecular complexity index is 1040. The predicted molar refractivity (Wildman–Crippen MR) is 115 cm³/mol. The van der Waals surface area contributed by atoms with Gasteiger partial charge in [-0.15, -0.1) is 11.3 Å². The molecule has 4 rings (SSSR count). The van der Waals surface area contributed by atoms with Crippen LogP contribution in [0.1, 0.15) is 22.6 Å². The number of alkyl halides is 6. The molecule has 2 aliphatic rings. The van der Waals surface area contributed by atoms with E-state index >= 15 is 0 Å². The predicted octanol–water partition coefficient (Wildman–Crippen LogP) is 4.10. The van der Waals surface area contributed by atoms with E-state index in [1.54, 1.807) is 12.4 Å². The molecule has 2 aromatic rings. The highest BCUT2D eigenvalue weighted by Crippen LogP contribution is 2.36. The summed E-state index contributed by atoms with van der Waals surface area (Å²) in [6.07, 6.45) is -4.94. The smallest absolute Gasteiger partial charge is 0.475 e. The van der Waals surface area contributed by atoms with Crippen molar-refractivity contribution in [2.24, 2.45) is 0 Å². The molecule has 2 aliphatic heterocycles. The van der Waals surface area contributed by atoms with Crippen molar-refractivity contribution in [1.82, 2.24) is 9.88 Å². The van der Waals surface area contributed by atoms with E-state index in [-0.39, 0.29) is 5.91 Å². The minimum Gasteiger partial charge on any atom is -0.475 e. The lowest BCUT2D eigenvalue weighted by Crippen LogP contribution is -2.37. The van der Waals surface area contributed by atoms with Crippen LogP contribution in [-0.4, -0.2) is 68.9 Å². The summed E-state index contributed by atoms with van der Waals surface area (Å²) in [5.74, 6) is -5.28. The quantitative estimate of drug-likeness (QED) is 0.563. The van der Waals surface area contributed by atoms with Gasteiger partial charge in [-0.05, 0) is 37.6 Å². The number of rotatable bonds is 3. The van der Waals surface area contributed by atoms with Crippen LogP contribution in [0, 0.1) is 6.92 Å². The lowest BCUT2D eigenvalue weighted by molar-refractivity contribution is -0.193. The molecule has 0 saturated carbocycles. The van der Waals surface area contributed by atoms with Gasteiger partial charge in [0, 0.05) is 41.5 Å². The van der Waals surface area contributed by atoms with E-state index in [2.05, 4.69) is 28.9 Å². The van der Waals surface area contributed by atoms with Crippen molar-refractivity contribution in [2.75, 3.05) is 11.4 Å². The molecule has 0 spiro atoms. The number of carboxylic acids is 2. The number of aryl methyl sites for hydroxylation is 1. The molecule has 198 valence electrons. The first-order valence-electron chi connectivity index (χ1n) is 10.2. The number of thiophene rings is 1. The topological polar surface area (TPSA) is 111 Å². The maximum absolute atomic E-state index is 12.5. The molecule has 36 heavy (non-hydrogen) atoms. The number of hydrogen-bond donors (Lipinski definition) is 2. The Morgan fingerprint density at radius 1 is 1.06 bits per heavy atom. The summed E-state index contributed by atoms with van der Waals surface area (Å²) < 4.78 is 63.5. The number of nitrogens with zero attached hydrogens (tertiary/aromatic N) is 3. The van der Waals surface area contributed by atoms with Crippen molar-refractivity contribution in [1.29, 1.82) is 0 Å². The Balaban J connectivity index is 0.000000271. The number of amides is 1. The van der Waals surface area contributed by atoms with Crippen molar-refractivity contribution < 1.29 is 50.9 Å². The fourth-order valence-corrected chi connectivity index (χ4v) is 4.64. The van der Waals surface area contributed by atoms with Gasteiger partial charge in [-0.3, -0.25) is 14.7 Å². The van der Waals surface area contributed by atoms with Crippen LogP contribution in [0.4, 0.5) is 32.0 Å². The molecule has 1 amide bonds. The van der Waals surface area contributed by atoms with Crippen molar-refractivity contribution in [2.45, 2.75) is 50.7 Å². The number of carbonyl (C=O) groups excluding carboxylic acids is 1. The van der Waals surface area contributed by atoms with Crippen LogP contribution in [0.15, 0.2) is 36.7 Å². The van der Waals surface area contributed by atoms with E-state index in [0.29, 0.717) is 18.5 Å². The summed E-state index contributed by atoms with van der Waals surface area (Å²) in [7, 11) is 0. The first-order valence-corrected chi connectivity index (χ1v) is 11.0. The van der Waals surface area contributed by atoms with E-state index < -0.39 is 24.3 Å². The molecule has 2 N–H and O–H groups in total. The maximum atomic E-state index is 12.5. The van der Waals surface area contributed by atoms with Gasteiger partial charge in [-0.1, -0.05) is 0 Å². The van der Waals surface area contributed by atoms with Gasteiger partial charge in [0.1, 0.15) is 0 Å². The van der Waals surface area contributed by atoms with Gasteiger partial charge in [0.25, 0.3) is 0 Å². The van der Waals surface area contributed by atoms with Crippen molar-refractivity contribution >= 4 is 34.9 Å². The van der Waals surface area contributed by atoms with Crippen molar-refractivity contribution in [3.05, 3.63) is 46.4 Å². The number of carbonyl (C=O) groups is 3. The van der Waals surface area contributed by atoms with Crippen molar-refractivity contribution in [3.8, 4) is 0 Å². The molecule has 2 saturated heterocycles. The third-order valence-corrected chi connectivity index (χ3v) is 6.16. The van der Waals surface area contributed by atoms with E-state index in [1.165, 1.54) is 9.75 Å². The summed E-state index contributed by atoms with van der Waals surface area (Å²) in [5.41, 5.74) is 0.939. The fourth-order valence-electron chi connectivity index (χ4n) is 3.73. The van der Waals surface area contributed by atoms with Crippen LogP contribution in [0.3, 0.4) is 0 Å². The Hall–Kier alpha value is -3.20. The molecule has 8 nitrogen and oxygen atoms in total. The van der Waals surface area contributed by atoms with Crippen LogP contribution in [0.5, 0.6) is 0 Å². The van der Waals surface area contributed by atoms with Gasteiger partial charge < -0.3 is 15.1 Å². The third-order valence-electron chi connectivity index (χ3n) is 5.17. The Kier molecular flexibility index (Phi) is 9.43. The first-order chi connectivity index (χ1) is 16.6. The molecule has 4 heterocycles. The van der Waals surface area contributed by atoms with Gasteiger partial charge in [0.15, 0.2) is 0 Å². The third kappa shape index (κ3) is 7.91. The number of carboxylic acid groups (broad SMARTS) is 2. The molecule has 0 aromatic carbocycles. The zero-order valence-corrected chi connectivity index (χ0v) is 19.4. The molecule has 0 bridgehead atoms. The number of aliphatic carboxylic acids is 2. The van der Waals surface area contributed by atoms with Gasteiger partial charge >= 0.3 is 24.3 Å². The molecule has 0 unspecified atom stereocenters. The number of likely N-dealkylation sites (tertiary alicyclic amines) is 1. The van der Waals surface area contributed by atoms with Crippen LogP contribution in [0.2, 0.25) is 0 Å². The largest absolute Gasteiger partial charge is 0.490 e. The maximum Gasteiger partial charge on any atom is 0.490 e. The summed E-state index contributed by atoms with van der Waals surface area (Å²) in [6, 6.07) is 8.92. The second-order valence-electron chi connectivity index (χ2n) is 7.69. The van der Waals surface area contributed by atoms with E-state index in [4.69, 9.17) is 19.8 Å². The number of anilines is 1. The number of halogens is 6. The Labute approximate surface area is 204 Å². The first kappa shape index (κ1) is 29.0. The van der Waals surface area contributed by atoms with Crippen LogP contribution < -0.4 is 4.90 Å². The minimum absolute atomic E-state index is 0.232. The molecule has 2 atom stereocenters. The highest BCUT2D eigenvalue weighted by atomic mass is 32.1. The van der Waals surface area contributed by atoms with Crippen LogP contribution in [-0.2, 0) is 20.9 Å². The molecule has 2 fully saturated rings. The second kappa shape index (κ2) is 11.7. The highest BCUT2D eigenvalue weighted by Gasteiger charge is 2.47. The summed E-state index contributed by atoms with van der Waals surface area (Å²) >= 11 is 1.86. The molecular formula is C21H21F6N3O5S. The van der Waals surface area contributed by atoms with Gasteiger partial charge in [-0.25, -0.2) is 9.59 Å². The molecule has 2 aromatic heterocycles. The van der Waals surface area contributed by atoms with E-state index in [0.717, 1.165) is 25.2 Å². The summed E-state index contributed by atoms with van der Waals surface area (Å²) in [4.78, 5) is 41.6. The van der Waals surface area contributed by atoms with E-state index in [1.807, 2.05) is 28.4 Å². The normalized spacial score (nSPS) is 19.6. The highest BCUT2D eigenvalue weighted by molar-refractivity contribution is 7.11. The van der Waals surface area contributed by atoms with Crippen LogP contribution >= 0.6 is 11.3 Å². The number of pyridine rings is 1. The fraction of sp³-hybridized carbons (Fsp3) is 0.429. The van der Waals surface area contributed by atoms with Gasteiger partial charge in [0.2, 0.25) is 5.91 Å². The van der Waals surface area contributed by atoms with Gasteiger partial charge in [0.05, 0.1) is 17.9 Å². The monoisotopic (exact) mass is 541 g/mol. The van der Waals surface area contributed by atoms with Gasteiger partial charge in [-0.2, -0.15) is 26.3 Å². The lowest BCUT2D eigenvalue weighted by atomic mass is 10.1. The number of fused-ring (bicyclic) bond motifs is 1. The average Bonchev–Trinajstić information content (AvgIpc) is 3.44. The number of hydrogen-bond acceptors (Lipinski definition) is 6. The summed E-state index contributed by atoms with van der Waals surface area (Å²) in [6.45, 7) is 4.17. The number of aromatic nitrogens is 1. The zero-order chi connectivity index (χ0) is 27.3. The second-order valence-corrected chi connectivity index (χ2v) is 9.06. The zero-order valence-electron chi connectivity index (χ0n) is 18.6. The Morgan fingerprint density at radius 3 is 2.08 bits per heavy atom. The van der Waals surface area contributed by atoms with Crippen molar-refractivity contribution in [3.63, 3.8) is 0 Å².